The summed E-state index contributed by atoms with van der Waals surface area (Å²) in [7, 11) is 0. The van der Waals surface area contributed by atoms with Gasteiger partial charge < -0.3 is 25.0 Å². The van der Waals surface area contributed by atoms with Crippen LogP contribution in [-0.2, 0) is 0 Å². The van der Waals surface area contributed by atoms with Crippen LogP contribution in [0.25, 0.3) is 21.9 Å². The smallest absolute Gasteiger partial charge is 0.159 e. The molecule has 1 aromatic carbocycles. The molecule has 0 amide bonds. The minimum atomic E-state index is -0.154. The Morgan fingerprint density at radius 2 is 1.83 bits per heavy atom. The van der Waals surface area contributed by atoms with Crippen LogP contribution in [0.15, 0.2) is 30.7 Å². The van der Waals surface area contributed by atoms with Crippen LogP contribution in [0.2, 0.25) is 0 Å². The Labute approximate surface area is 138 Å². The van der Waals surface area contributed by atoms with Gasteiger partial charge in [0.2, 0.25) is 0 Å². The van der Waals surface area contributed by atoms with Crippen molar-refractivity contribution in [1.29, 1.82) is 0 Å². The van der Waals surface area contributed by atoms with Crippen molar-refractivity contribution in [3.05, 3.63) is 30.7 Å². The second-order valence-electron chi connectivity index (χ2n) is 6.14. The first-order valence-corrected chi connectivity index (χ1v) is 7.88. The predicted octanol–water partition coefficient (Wildman–Crippen LogP) is 2.18. The van der Waals surface area contributed by atoms with Gasteiger partial charge in [0.25, 0.3) is 0 Å². The maximum atomic E-state index is 9.86. The first-order valence-electron chi connectivity index (χ1n) is 7.88. The van der Waals surface area contributed by atoms with Crippen molar-refractivity contribution in [3.8, 4) is 11.5 Å². The number of rotatable bonds is 2. The highest BCUT2D eigenvalue weighted by atomic mass is 16.3. The molecule has 3 N–H and O–H groups in total. The summed E-state index contributed by atoms with van der Waals surface area (Å²) in [4.78, 5) is 16.4. The van der Waals surface area contributed by atoms with E-state index in [0.29, 0.717) is 5.65 Å². The van der Waals surface area contributed by atoms with Gasteiger partial charge >= 0.3 is 0 Å². The lowest BCUT2D eigenvalue weighted by Crippen LogP contribution is -2.45. The number of H-pyrrole nitrogens is 1. The van der Waals surface area contributed by atoms with Crippen LogP contribution in [0.1, 0.15) is 6.92 Å². The molecule has 4 rings (SSSR count). The van der Waals surface area contributed by atoms with Crippen molar-refractivity contribution in [2.75, 3.05) is 31.1 Å². The van der Waals surface area contributed by atoms with Crippen LogP contribution >= 0.6 is 0 Å². The maximum Gasteiger partial charge on any atom is 0.159 e. The van der Waals surface area contributed by atoms with Gasteiger partial charge in [-0.15, -0.1) is 0 Å². The van der Waals surface area contributed by atoms with Gasteiger partial charge in [-0.2, -0.15) is 0 Å². The molecule has 0 atom stereocenters. The summed E-state index contributed by atoms with van der Waals surface area (Å²) < 4.78 is 0. The lowest BCUT2D eigenvalue weighted by atomic mass is 10.1. The number of anilines is 1. The molecule has 1 saturated heterocycles. The molecular weight excluding hydrogens is 306 g/mol. The molecule has 1 fully saturated rings. The van der Waals surface area contributed by atoms with Crippen molar-refractivity contribution in [2.45, 2.75) is 6.92 Å². The van der Waals surface area contributed by atoms with E-state index >= 15 is 0 Å². The average molecular weight is 325 g/mol. The van der Waals surface area contributed by atoms with E-state index in [4.69, 9.17) is 0 Å². The van der Waals surface area contributed by atoms with E-state index in [1.54, 1.807) is 6.07 Å². The highest BCUT2D eigenvalue weighted by Crippen LogP contribution is 2.37. The number of hydrogen-bond acceptors (Lipinski definition) is 6. The van der Waals surface area contributed by atoms with E-state index in [9.17, 15) is 10.2 Å². The number of nitrogens with one attached hydrogen (secondary N) is 1. The van der Waals surface area contributed by atoms with Gasteiger partial charge in [-0.25, -0.2) is 9.97 Å². The third kappa shape index (κ3) is 2.20. The van der Waals surface area contributed by atoms with E-state index in [1.165, 1.54) is 12.4 Å². The molecule has 24 heavy (non-hydrogen) atoms. The number of aromatic nitrogens is 3. The van der Waals surface area contributed by atoms with Crippen molar-refractivity contribution in [1.82, 2.24) is 19.9 Å². The fourth-order valence-electron chi connectivity index (χ4n) is 3.27. The average Bonchev–Trinajstić information content (AvgIpc) is 2.93. The molecule has 2 aromatic heterocycles. The summed E-state index contributed by atoms with van der Waals surface area (Å²) in [5.41, 5.74) is 2.50. The quantitative estimate of drug-likeness (QED) is 0.626. The molecule has 3 aromatic rings. The van der Waals surface area contributed by atoms with Gasteiger partial charge in [-0.3, -0.25) is 0 Å². The molecule has 1 aliphatic rings. The fraction of sp³-hybridized carbons (Fsp3) is 0.294. The second-order valence-corrected chi connectivity index (χ2v) is 6.14. The van der Waals surface area contributed by atoms with Crippen LogP contribution in [0, 0.1) is 0 Å². The number of hydrogen-bond donors (Lipinski definition) is 3. The Bertz CT molecular complexity index is 941. The Kier molecular flexibility index (Phi) is 3.23. The first-order chi connectivity index (χ1) is 11.5. The molecule has 7 heteroatoms. The lowest BCUT2D eigenvalue weighted by Gasteiger charge is -2.37. The number of phenols is 2. The monoisotopic (exact) mass is 325 g/mol. The van der Waals surface area contributed by atoms with Crippen molar-refractivity contribution in [3.63, 3.8) is 0 Å². The molecule has 1 aliphatic heterocycles. The number of allylic oxidation sites excluding steroid dienone is 1. The van der Waals surface area contributed by atoms with Crippen LogP contribution < -0.4 is 4.90 Å². The number of nitrogens with zero attached hydrogens (tertiary/aromatic N) is 4. The summed E-state index contributed by atoms with van der Waals surface area (Å²) in [6.45, 7) is 9.51. The normalized spacial score (nSPS) is 15.4. The van der Waals surface area contributed by atoms with Gasteiger partial charge in [0.05, 0.1) is 10.9 Å². The topological polar surface area (TPSA) is 88.5 Å². The van der Waals surface area contributed by atoms with Crippen molar-refractivity contribution in [2.24, 2.45) is 0 Å². The first kappa shape index (κ1) is 14.6. The third-order valence-electron chi connectivity index (χ3n) is 4.58. The predicted molar refractivity (Wildman–Crippen MR) is 93.3 cm³/mol. The summed E-state index contributed by atoms with van der Waals surface area (Å²) in [6.07, 6.45) is 1.54. The third-order valence-corrected chi connectivity index (χ3v) is 4.58. The van der Waals surface area contributed by atoms with E-state index in [1.807, 2.05) is 6.92 Å². The zero-order valence-corrected chi connectivity index (χ0v) is 13.5. The Hall–Kier alpha value is -2.96. The Morgan fingerprint density at radius 1 is 1.12 bits per heavy atom. The van der Waals surface area contributed by atoms with Gasteiger partial charge in [0.15, 0.2) is 11.5 Å². The SMILES string of the molecule is C=C(C)N1CCN(c2ncnc3[nH]c4cc(O)c(O)cc4c23)CC1. The number of fused-ring (bicyclic) bond motifs is 3. The van der Waals surface area contributed by atoms with Crippen LogP contribution in [0.4, 0.5) is 5.82 Å². The summed E-state index contributed by atoms with van der Waals surface area (Å²) in [6, 6.07) is 3.07. The van der Waals surface area contributed by atoms with Gasteiger partial charge in [-0.1, -0.05) is 6.58 Å². The molecule has 124 valence electrons. The van der Waals surface area contributed by atoms with Crippen molar-refractivity contribution >= 4 is 27.8 Å². The minimum Gasteiger partial charge on any atom is -0.504 e. The summed E-state index contributed by atoms with van der Waals surface area (Å²) >= 11 is 0. The molecule has 0 aliphatic carbocycles. The highest BCUT2D eigenvalue weighted by molar-refractivity contribution is 6.12. The van der Waals surface area contributed by atoms with E-state index < -0.39 is 0 Å². The minimum absolute atomic E-state index is 0.148. The van der Waals surface area contributed by atoms with E-state index in [0.717, 1.165) is 54.0 Å². The van der Waals surface area contributed by atoms with E-state index in [-0.39, 0.29) is 11.5 Å². The fourth-order valence-corrected chi connectivity index (χ4v) is 3.27. The van der Waals surface area contributed by atoms with Gasteiger partial charge in [0.1, 0.15) is 17.8 Å². The highest BCUT2D eigenvalue weighted by Gasteiger charge is 2.22. The molecule has 0 bridgehead atoms. The summed E-state index contributed by atoms with van der Waals surface area (Å²) in [5.74, 6) is 0.543. The van der Waals surface area contributed by atoms with Gasteiger partial charge in [-0.05, 0) is 13.0 Å². The van der Waals surface area contributed by atoms with Gasteiger partial charge in [0, 0.05) is 43.3 Å². The molecule has 0 spiro atoms. The second kappa shape index (κ2) is 5.30. The zero-order chi connectivity index (χ0) is 16.8. The molecule has 0 radical (unpaired) electrons. The molecule has 0 saturated carbocycles. The molecule has 0 unspecified atom stereocenters. The number of aromatic amines is 1. The number of aromatic hydroxyl groups is 2. The van der Waals surface area contributed by atoms with Crippen molar-refractivity contribution < 1.29 is 10.2 Å². The Morgan fingerprint density at radius 3 is 2.54 bits per heavy atom. The van der Waals surface area contributed by atoms with Crippen LogP contribution in [0.5, 0.6) is 11.5 Å². The van der Waals surface area contributed by atoms with Crippen LogP contribution in [-0.4, -0.2) is 56.2 Å². The number of piperazine rings is 1. The molecular formula is C17H19N5O2. The standard InChI is InChI=1S/C17H19N5O2/c1-10(2)21-3-5-22(6-4-21)17-15-11-7-13(23)14(24)8-12(11)20-16(15)18-9-19-17/h7-9,23-24H,1,3-6H2,2H3,(H,18,19,20). The number of benzene rings is 1. The maximum absolute atomic E-state index is 9.86. The molecule has 3 heterocycles. The zero-order valence-electron chi connectivity index (χ0n) is 13.5. The Balaban J connectivity index is 1.81. The summed E-state index contributed by atoms with van der Waals surface area (Å²) in [5, 5.41) is 21.2. The van der Waals surface area contributed by atoms with Crippen LogP contribution in [0.3, 0.4) is 0 Å². The lowest BCUT2D eigenvalue weighted by molar-refractivity contribution is 0.323. The largest absolute Gasteiger partial charge is 0.504 e. The number of phenolic OH excluding ortho intramolecular Hbond substituents is 2. The van der Waals surface area contributed by atoms with E-state index in [2.05, 4.69) is 31.3 Å². The molecule has 7 nitrogen and oxygen atoms in total.